The first-order valence-electron chi connectivity index (χ1n) is 6.83. The third kappa shape index (κ3) is 3.42. The maximum Gasteiger partial charge on any atom is 0.131 e. The monoisotopic (exact) mass is 279 g/mol. The molecular formula is C15H19F2N3. The van der Waals surface area contributed by atoms with E-state index in [0.29, 0.717) is 12.1 Å². The Bertz CT molecular complexity index is 566. The molecule has 0 bridgehead atoms. The summed E-state index contributed by atoms with van der Waals surface area (Å²) in [5.74, 6) is -1.11. The lowest BCUT2D eigenvalue weighted by Gasteiger charge is -2.13. The standard InChI is InChI=1S/C15H19F2N3/c1-3-15(18-4-2)12-8-19-20(10-12)9-11-5-6-13(16)7-14(11)17/h5-8,10,15,18H,3-4,9H2,1-2H3. The minimum atomic E-state index is -0.564. The fraction of sp³-hybridized carbons (Fsp3) is 0.400. The van der Waals surface area contributed by atoms with Gasteiger partial charge in [-0.05, 0) is 19.0 Å². The van der Waals surface area contributed by atoms with E-state index in [4.69, 9.17) is 0 Å². The van der Waals surface area contributed by atoms with Gasteiger partial charge in [0.25, 0.3) is 0 Å². The van der Waals surface area contributed by atoms with Gasteiger partial charge in [0.15, 0.2) is 0 Å². The Morgan fingerprint density at radius 3 is 2.75 bits per heavy atom. The van der Waals surface area contributed by atoms with Crippen LogP contribution >= 0.6 is 0 Å². The summed E-state index contributed by atoms with van der Waals surface area (Å²) in [7, 11) is 0. The highest BCUT2D eigenvalue weighted by molar-refractivity contribution is 5.19. The molecule has 1 N–H and O–H groups in total. The molecule has 0 saturated carbocycles. The summed E-state index contributed by atoms with van der Waals surface area (Å²) in [6.45, 7) is 5.34. The number of rotatable bonds is 6. The lowest BCUT2D eigenvalue weighted by Crippen LogP contribution is -2.19. The Labute approximate surface area is 117 Å². The van der Waals surface area contributed by atoms with Crippen LogP contribution in [-0.2, 0) is 6.54 Å². The Hall–Kier alpha value is -1.75. The second-order valence-corrected chi connectivity index (χ2v) is 4.73. The molecule has 0 aliphatic heterocycles. The minimum absolute atomic E-state index is 0.256. The zero-order valence-electron chi connectivity index (χ0n) is 11.7. The van der Waals surface area contributed by atoms with E-state index in [-0.39, 0.29) is 6.04 Å². The summed E-state index contributed by atoms with van der Waals surface area (Å²) in [6.07, 6.45) is 4.66. The van der Waals surface area contributed by atoms with Gasteiger partial charge in [-0.3, -0.25) is 4.68 Å². The molecule has 5 heteroatoms. The molecular weight excluding hydrogens is 260 g/mol. The highest BCUT2D eigenvalue weighted by atomic mass is 19.1. The largest absolute Gasteiger partial charge is 0.310 e. The van der Waals surface area contributed by atoms with Crippen LogP contribution in [-0.4, -0.2) is 16.3 Å². The first-order chi connectivity index (χ1) is 9.63. The van der Waals surface area contributed by atoms with Gasteiger partial charge in [-0.1, -0.05) is 19.9 Å². The predicted octanol–water partition coefficient (Wildman–Crippen LogP) is 3.27. The number of hydrogen-bond acceptors (Lipinski definition) is 2. The second-order valence-electron chi connectivity index (χ2n) is 4.73. The number of aromatic nitrogens is 2. The van der Waals surface area contributed by atoms with E-state index < -0.39 is 11.6 Å². The average molecular weight is 279 g/mol. The first kappa shape index (κ1) is 14.7. The molecule has 0 radical (unpaired) electrons. The van der Waals surface area contributed by atoms with Crippen LogP contribution in [0.4, 0.5) is 8.78 Å². The van der Waals surface area contributed by atoms with Crippen molar-refractivity contribution in [3.63, 3.8) is 0 Å². The van der Waals surface area contributed by atoms with Crippen LogP contribution < -0.4 is 5.32 Å². The van der Waals surface area contributed by atoms with Gasteiger partial charge in [0.1, 0.15) is 11.6 Å². The van der Waals surface area contributed by atoms with E-state index in [1.165, 1.54) is 12.1 Å². The predicted molar refractivity (Wildman–Crippen MR) is 74.4 cm³/mol. The molecule has 1 heterocycles. The summed E-state index contributed by atoms with van der Waals surface area (Å²) < 4.78 is 28.1. The maximum atomic E-state index is 13.6. The molecule has 1 unspecified atom stereocenters. The van der Waals surface area contributed by atoms with Crippen molar-refractivity contribution in [1.82, 2.24) is 15.1 Å². The fourth-order valence-electron chi connectivity index (χ4n) is 2.21. The van der Waals surface area contributed by atoms with Gasteiger partial charge in [-0.2, -0.15) is 5.10 Å². The van der Waals surface area contributed by atoms with Crippen LogP contribution in [0.3, 0.4) is 0 Å². The molecule has 2 rings (SSSR count). The molecule has 0 amide bonds. The molecule has 1 aromatic heterocycles. The van der Waals surface area contributed by atoms with Crippen molar-refractivity contribution in [3.8, 4) is 0 Å². The van der Waals surface area contributed by atoms with Crippen LogP contribution in [0.2, 0.25) is 0 Å². The van der Waals surface area contributed by atoms with E-state index >= 15 is 0 Å². The van der Waals surface area contributed by atoms with Crippen LogP contribution in [0.15, 0.2) is 30.6 Å². The number of hydrogen-bond donors (Lipinski definition) is 1. The van der Waals surface area contributed by atoms with Crippen molar-refractivity contribution in [1.29, 1.82) is 0 Å². The van der Waals surface area contributed by atoms with Gasteiger partial charge >= 0.3 is 0 Å². The Morgan fingerprint density at radius 2 is 2.10 bits per heavy atom. The van der Waals surface area contributed by atoms with E-state index in [2.05, 4.69) is 24.3 Å². The number of nitrogens with zero attached hydrogens (tertiary/aromatic N) is 2. The molecule has 1 atom stereocenters. The van der Waals surface area contributed by atoms with Crippen molar-refractivity contribution in [3.05, 3.63) is 53.4 Å². The van der Waals surface area contributed by atoms with Gasteiger partial charge in [-0.25, -0.2) is 8.78 Å². The molecule has 108 valence electrons. The van der Waals surface area contributed by atoms with E-state index in [9.17, 15) is 8.78 Å². The van der Waals surface area contributed by atoms with Gasteiger partial charge in [0, 0.05) is 29.4 Å². The lowest BCUT2D eigenvalue weighted by molar-refractivity contribution is 0.535. The molecule has 0 aliphatic carbocycles. The summed E-state index contributed by atoms with van der Waals surface area (Å²) in [5.41, 5.74) is 1.51. The summed E-state index contributed by atoms with van der Waals surface area (Å²) in [6, 6.07) is 3.86. The maximum absolute atomic E-state index is 13.6. The SMILES string of the molecule is CCNC(CC)c1cnn(Cc2ccc(F)cc2F)c1. The van der Waals surface area contributed by atoms with Crippen molar-refractivity contribution in [2.24, 2.45) is 0 Å². The summed E-state index contributed by atoms with van der Waals surface area (Å²) in [4.78, 5) is 0. The average Bonchev–Trinajstić information content (AvgIpc) is 2.87. The third-order valence-corrected chi connectivity index (χ3v) is 3.26. The van der Waals surface area contributed by atoms with E-state index in [1.807, 2.05) is 6.20 Å². The molecule has 20 heavy (non-hydrogen) atoms. The lowest BCUT2D eigenvalue weighted by atomic mass is 10.1. The minimum Gasteiger partial charge on any atom is -0.310 e. The molecule has 0 saturated heterocycles. The van der Waals surface area contributed by atoms with Crippen molar-refractivity contribution < 1.29 is 8.78 Å². The fourth-order valence-corrected chi connectivity index (χ4v) is 2.21. The van der Waals surface area contributed by atoms with Crippen molar-refractivity contribution in [2.45, 2.75) is 32.9 Å². The third-order valence-electron chi connectivity index (χ3n) is 3.26. The highest BCUT2D eigenvalue weighted by Crippen LogP contribution is 2.17. The first-order valence-corrected chi connectivity index (χ1v) is 6.83. The molecule has 1 aromatic carbocycles. The van der Waals surface area contributed by atoms with Crippen LogP contribution in [0.1, 0.15) is 37.4 Å². The van der Waals surface area contributed by atoms with Gasteiger partial charge in [-0.15, -0.1) is 0 Å². The Morgan fingerprint density at radius 1 is 1.30 bits per heavy atom. The zero-order valence-corrected chi connectivity index (χ0v) is 11.7. The van der Waals surface area contributed by atoms with Crippen LogP contribution in [0.25, 0.3) is 0 Å². The smallest absolute Gasteiger partial charge is 0.131 e. The summed E-state index contributed by atoms with van der Waals surface area (Å²) in [5, 5.41) is 7.61. The van der Waals surface area contributed by atoms with Crippen LogP contribution in [0, 0.1) is 11.6 Å². The van der Waals surface area contributed by atoms with Crippen LogP contribution in [0.5, 0.6) is 0 Å². The summed E-state index contributed by atoms with van der Waals surface area (Å²) >= 11 is 0. The number of benzene rings is 1. The second kappa shape index (κ2) is 6.61. The normalized spacial score (nSPS) is 12.6. The zero-order chi connectivity index (χ0) is 14.5. The van der Waals surface area contributed by atoms with E-state index in [1.54, 1.807) is 10.9 Å². The highest BCUT2D eigenvalue weighted by Gasteiger charge is 2.11. The van der Waals surface area contributed by atoms with Crippen molar-refractivity contribution >= 4 is 0 Å². The topological polar surface area (TPSA) is 29.9 Å². The Kier molecular flexibility index (Phi) is 4.84. The van der Waals surface area contributed by atoms with Gasteiger partial charge < -0.3 is 5.32 Å². The number of halogens is 2. The number of nitrogens with one attached hydrogen (secondary N) is 1. The molecule has 0 spiro atoms. The quantitative estimate of drug-likeness (QED) is 0.879. The van der Waals surface area contributed by atoms with E-state index in [0.717, 1.165) is 24.6 Å². The Balaban J connectivity index is 2.12. The molecule has 0 aliphatic rings. The molecule has 0 fully saturated rings. The van der Waals surface area contributed by atoms with Gasteiger partial charge in [0.05, 0.1) is 12.7 Å². The molecule has 3 nitrogen and oxygen atoms in total. The molecule has 2 aromatic rings. The van der Waals surface area contributed by atoms with Crippen molar-refractivity contribution in [2.75, 3.05) is 6.54 Å². The van der Waals surface area contributed by atoms with Gasteiger partial charge in [0.2, 0.25) is 0 Å².